The number of hydrogen-bond acceptors (Lipinski definition) is 5. The number of nitrogens with zero attached hydrogens (tertiary/aromatic N) is 1. The highest BCUT2D eigenvalue weighted by Crippen LogP contribution is 2.32. The van der Waals surface area contributed by atoms with Crippen molar-refractivity contribution in [1.29, 1.82) is 5.41 Å². The van der Waals surface area contributed by atoms with Crippen molar-refractivity contribution in [3.05, 3.63) is 42.0 Å². The zero-order chi connectivity index (χ0) is 14.1. The van der Waals surface area contributed by atoms with Crippen molar-refractivity contribution in [3.63, 3.8) is 0 Å². The number of nitrogens with two attached hydrogens (primary N) is 1. The molecule has 20 heavy (non-hydrogen) atoms. The van der Waals surface area contributed by atoms with Crippen LogP contribution in [0.25, 0.3) is 21.3 Å². The summed E-state index contributed by atoms with van der Waals surface area (Å²) in [6.45, 7) is 0. The van der Waals surface area contributed by atoms with E-state index >= 15 is 0 Å². The normalized spacial score (nSPS) is 10.7. The molecule has 0 amide bonds. The van der Waals surface area contributed by atoms with E-state index in [1.54, 1.807) is 11.3 Å². The summed E-state index contributed by atoms with van der Waals surface area (Å²) in [5, 5.41) is 11.5. The fourth-order valence-corrected chi connectivity index (χ4v) is 3.05. The van der Waals surface area contributed by atoms with E-state index in [1.165, 1.54) is 6.21 Å². The average molecular weight is 282 g/mol. The van der Waals surface area contributed by atoms with Crippen LogP contribution in [0.3, 0.4) is 0 Å². The summed E-state index contributed by atoms with van der Waals surface area (Å²) in [7, 11) is 1.86. The Balaban J connectivity index is 2.19. The van der Waals surface area contributed by atoms with E-state index < -0.39 is 0 Å². The van der Waals surface area contributed by atoms with E-state index in [9.17, 15) is 0 Å². The molecule has 4 nitrogen and oxygen atoms in total. The van der Waals surface area contributed by atoms with Crippen LogP contribution in [-0.4, -0.2) is 18.2 Å². The summed E-state index contributed by atoms with van der Waals surface area (Å²) in [6, 6.07) is 11.8. The lowest BCUT2D eigenvalue weighted by molar-refractivity contribution is 1.41. The lowest BCUT2D eigenvalue weighted by atomic mass is 9.99. The van der Waals surface area contributed by atoms with Gasteiger partial charge in [-0.25, -0.2) is 4.98 Å². The predicted octanol–water partition coefficient (Wildman–Crippen LogP) is 3.58. The van der Waals surface area contributed by atoms with Gasteiger partial charge in [-0.3, -0.25) is 0 Å². The number of rotatable bonds is 3. The number of nitrogens with one attached hydrogen (secondary N) is 2. The van der Waals surface area contributed by atoms with Gasteiger partial charge in [0.25, 0.3) is 0 Å². The molecule has 100 valence electrons. The molecule has 0 aliphatic rings. The molecule has 0 bridgehead atoms. The van der Waals surface area contributed by atoms with Crippen LogP contribution in [0.4, 0.5) is 10.8 Å². The third-order valence-corrected chi connectivity index (χ3v) is 4.23. The molecular formula is C15H14N4S. The van der Waals surface area contributed by atoms with Crippen molar-refractivity contribution in [3.8, 4) is 11.1 Å². The van der Waals surface area contributed by atoms with Crippen LogP contribution in [0.5, 0.6) is 0 Å². The predicted molar refractivity (Wildman–Crippen MR) is 86.9 cm³/mol. The second-order valence-electron chi connectivity index (χ2n) is 4.40. The highest BCUT2D eigenvalue weighted by atomic mass is 32.1. The first-order chi connectivity index (χ1) is 9.72. The zero-order valence-electron chi connectivity index (χ0n) is 11.0. The number of anilines is 2. The number of fused-ring (bicyclic) bond motifs is 1. The Morgan fingerprint density at radius 3 is 2.90 bits per heavy atom. The largest absolute Gasteiger partial charge is 0.398 e. The van der Waals surface area contributed by atoms with Gasteiger partial charge in [0.1, 0.15) is 0 Å². The Hall–Kier alpha value is -2.40. The molecule has 4 N–H and O–H groups in total. The molecule has 0 saturated heterocycles. The Kier molecular flexibility index (Phi) is 3.12. The molecule has 2 aromatic carbocycles. The summed E-state index contributed by atoms with van der Waals surface area (Å²) >= 11 is 1.61. The molecule has 3 aromatic rings. The number of hydrogen-bond donors (Lipinski definition) is 3. The second-order valence-corrected chi connectivity index (χ2v) is 5.43. The van der Waals surface area contributed by atoms with Crippen LogP contribution in [0.1, 0.15) is 5.56 Å². The topological polar surface area (TPSA) is 74.8 Å². The molecular weight excluding hydrogens is 268 g/mol. The van der Waals surface area contributed by atoms with Crippen molar-refractivity contribution in [2.24, 2.45) is 0 Å². The molecule has 0 aliphatic heterocycles. The number of benzene rings is 2. The molecule has 0 fully saturated rings. The van der Waals surface area contributed by atoms with Gasteiger partial charge < -0.3 is 16.5 Å². The van der Waals surface area contributed by atoms with Crippen LogP contribution in [0.2, 0.25) is 0 Å². The summed E-state index contributed by atoms with van der Waals surface area (Å²) < 4.78 is 1.12. The van der Waals surface area contributed by atoms with Crippen LogP contribution < -0.4 is 11.1 Å². The van der Waals surface area contributed by atoms with Crippen molar-refractivity contribution in [2.75, 3.05) is 18.1 Å². The van der Waals surface area contributed by atoms with E-state index in [2.05, 4.69) is 16.4 Å². The lowest BCUT2D eigenvalue weighted by Crippen LogP contribution is -1.95. The average Bonchev–Trinajstić information content (AvgIpc) is 2.89. The Labute approximate surface area is 120 Å². The van der Waals surface area contributed by atoms with Gasteiger partial charge in [0.15, 0.2) is 5.13 Å². The third kappa shape index (κ3) is 2.02. The maximum absolute atomic E-state index is 7.55. The summed E-state index contributed by atoms with van der Waals surface area (Å²) in [5.41, 5.74) is 10.3. The molecule has 0 radical (unpaired) electrons. The molecule has 3 rings (SSSR count). The van der Waals surface area contributed by atoms with Gasteiger partial charge in [-0.1, -0.05) is 29.5 Å². The quantitative estimate of drug-likeness (QED) is 0.507. The maximum Gasteiger partial charge on any atom is 0.183 e. The van der Waals surface area contributed by atoms with Gasteiger partial charge in [-0.2, -0.15) is 0 Å². The van der Waals surface area contributed by atoms with Crippen molar-refractivity contribution in [1.82, 2.24) is 4.98 Å². The minimum atomic E-state index is 0.623. The van der Waals surface area contributed by atoms with Gasteiger partial charge in [-0.15, -0.1) is 0 Å². The molecule has 0 aliphatic carbocycles. The molecule has 0 spiro atoms. The summed E-state index contributed by atoms with van der Waals surface area (Å²) in [5.74, 6) is 0. The number of thiazole rings is 1. The van der Waals surface area contributed by atoms with E-state index in [1.807, 2.05) is 37.4 Å². The molecule has 1 aromatic heterocycles. The second kappa shape index (κ2) is 4.94. The van der Waals surface area contributed by atoms with Crippen molar-refractivity contribution < 1.29 is 0 Å². The van der Waals surface area contributed by atoms with Crippen LogP contribution in [0, 0.1) is 5.41 Å². The van der Waals surface area contributed by atoms with Gasteiger partial charge in [-0.05, 0) is 29.3 Å². The molecule has 0 saturated carbocycles. The first kappa shape index (κ1) is 12.6. The Morgan fingerprint density at radius 2 is 2.15 bits per heavy atom. The first-order valence-corrected chi connectivity index (χ1v) is 7.02. The number of aromatic nitrogens is 1. The molecule has 5 heteroatoms. The van der Waals surface area contributed by atoms with Crippen molar-refractivity contribution >= 4 is 38.6 Å². The standard InChI is InChI=1S/C15H14N4S/c1-18-15-19-13-6-5-9(7-14(13)20-15)10-3-2-4-12(17)11(10)8-16/h2-8,16H,17H2,1H3,(H,18,19). The third-order valence-electron chi connectivity index (χ3n) is 3.20. The van der Waals surface area contributed by atoms with E-state index in [-0.39, 0.29) is 0 Å². The molecule has 1 heterocycles. The monoisotopic (exact) mass is 282 g/mol. The number of nitrogen functional groups attached to an aromatic ring is 1. The minimum absolute atomic E-state index is 0.623. The Bertz CT molecular complexity index is 792. The maximum atomic E-state index is 7.55. The zero-order valence-corrected chi connectivity index (χ0v) is 11.8. The lowest BCUT2D eigenvalue weighted by Gasteiger charge is -2.08. The molecule has 0 atom stereocenters. The van der Waals surface area contributed by atoms with Crippen LogP contribution in [0.15, 0.2) is 36.4 Å². The highest BCUT2D eigenvalue weighted by molar-refractivity contribution is 7.22. The molecule has 0 unspecified atom stereocenters. The minimum Gasteiger partial charge on any atom is -0.398 e. The van der Waals surface area contributed by atoms with Gasteiger partial charge in [0.05, 0.1) is 10.2 Å². The van der Waals surface area contributed by atoms with E-state index in [4.69, 9.17) is 11.1 Å². The van der Waals surface area contributed by atoms with Crippen LogP contribution >= 0.6 is 11.3 Å². The fourth-order valence-electron chi connectivity index (χ4n) is 2.19. The van der Waals surface area contributed by atoms with Gasteiger partial charge in [0, 0.05) is 24.5 Å². The van der Waals surface area contributed by atoms with Gasteiger partial charge in [0.2, 0.25) is 0 Å². The first-order valence-electron chi connectivity index (χ1n) is 6.20. The fraction of sp³-hybridized carbons (Fsp3) is 0.0667. The Morgan fingerprint density at radius 1 is 1.30 bits per heavy atom. The summed E-state index contributed by atoms with van der Waals surface area (Å²) in [4.78, 5) is 4.46. The van der Waals surface area contributed by atoms with Crippen LogP contribution in [-0.2, 0) is 0 Å². The highest BCUT2D eigenvalue weighted by Gasteiger charge is 2.09. The van der Waals surface area contributed by atoms with Gasteiger partial charge >= 0.3 is 0 Å². The smallest absolute Gasteiger partial charge is 0.183 e. The SMILES string of the molecule is CNc1nc2ccc(-c3cccc(N)c3C=N)cc2s1. The van der Waals surface area contributed by atoms with E-state index in [0.717, 1.165) is 32.0 Å². The van der Waals surface area contributed by atoms with E-state index in [0.29, 0.717) is 5.69 Å². The summed E-state index contributed by atoms with van der Waals surface area (Å²) in [6.07, 6.45) is 1.31. The van der Waals surface area contributed by atoms with Crippen molar-refractivity contribution in [2.45, 2.75) is 0 Å².